The van der Waals surface area contributed by atoms with Gasteiger partial charge in [-0.1, -0.05) is 6.07 Å². The SMILES string of the molecule is CC(C)(C)Nc1nc(Nc2cccc(O)c2)cc(C(F)(F)F)n1. The first kappa shape index (κ1) is 16.9. The largest absolute Gasteiger partial charge is 0.508 e. The van der Waals surface area contributed by atoms with E-state index in [-0.39, 0.29) is 17.5 Å². The number of phenols is 1. The van der Waals surface area contributed by atoms with Crippen molar-refractivity contribution in [3.05, 3.63) is 36.0 Å². The standard InChI is InChI=1S/C15H17F3N4O/c1-14(2,3)22-13-20-11(15(16,17)18)8-12(21-13)19-9-5-4-6-10(23)7-9/h4-8,23H,1-3H3,(H2,19,20,21,22). The van der Waals surface area contributed by atoms with Gasteiger partial charge in [-0.2, -0.15) is 18.2 Å². The Morgan fingerprint density at radius 3 is 2.30 bits per heavy atom. The van der Waals surface area contributed by atoms with Crippen LogP contribution in [0.1, 0.15) is 26.5 Å². The highest BCUT2D eigenvalue weighted by molar-refractivity contribution is 5.59. The van der Waals surface area contributed by atoms with Crippen LogP contribution < -0.4 is 10.6 Å². The minimum atomic E-state index is -4.59. The topological polar surface area (TPSA) is 70.1 Å². The van der Waals surface area contributed by atoms with Crippen LogP contribution in [0.2, 0.25) is 0 Å². The second kappa shape index (κ2) is 5.94. The number of anilines is 3. The van der Waals surface area contributed by atoms with Crippen molar-refractivity contribution in [3.63, 3.8) is 0 Å². The Labute approximate surface area is 131 Å². The summed E-state index contributed by atoms with van der Waals surface area (Å²) in [7, 11) is 0. The van der Waals surface area contributed by atoms with Crippen molar-refractivity contribution < 1.29 is 18.3 Å². The van der Waals surface area contributed by atoms with Gasteiger partial charge in [-0.3, -0.25) is 0 Å². The molecule has 0 radical (unpaired) electrons. The van der Waals surface area contributed by atoms with Crippen molar-refractivity contribution in [3.8, 4) is 5.75 Å². The number of hydrogen-bond acceptors (Lipinski definition) is 5. The first-order chi connectivity index (χ1) is 10.5. The molecule has 0 spiro atoms. The van der Waals surface area contributed by atoms with E-state index in [2.05, 4.69) is 20.6 Å². The van der Waals surface area contributed by atoms with Crippen molar-refractivity contribution in [1.29, 1.82) is 0 Å². The maximum Gasteiger partial charge on any atom is 0.433 e. The quantitative estimate of drug-likeness (QED) is 0.790. The molecule has 8 heteroatoms. The predicted octanol–water partition coefficient (Wildman–Crippen LogP) is 4.16. The molecule has 1 aromatic heterocycles. The molecule has 2 aromatic rings. The van der Waals surface area contributed by atoms with Gasteiger partial charge in [0.25, 0.3) is 0 Å². The summed E-state index contributed by atoms with van der Waals surface area (Å²) in [6.07, 6.45) is -4.59. The minimum absolute atomic E-state index is 0.00635. The molecule has 0 saturated heterocycles. The number of alkyl halides is 3. The molecule has 1 aromatic carbocycles. The van der Waals surface area contributed by atoms with Crippen LogP contribution in [0.25, 0.3) is 0 Å². The zero-order chi connectivity index (χ0) is 17.3. The van der Waals surface area contributed by atoms with Crippen LogP contribution in [-0.4, -0.2) is 20.6 Å². The van der Waals surface area contributed by atoms with E-state index >= 15 is 0 Å². The first-order valence-electron chi connectivity index (χ1n) is 6.83. The van der Waals surface area contributed by atoms with E-state index in [9.17, 15) is 18.3 Å². The van der Waals surface area contributed by atoms with Crippen molar-refractivity contribution in [2.75, 3.05) is 10.6 Å². The summed E-state index contributed by atoms with van der Waals surface area (Å²) >= 11 is 0. The predicted molar refractivity (Wildman–Crippen MR) is 81.8 cm³/mol. The normalized spacial score (nSPS) is 12.1. The number of phenolic OH excluding ortho intramolecular Hbond substituents is 1. The lowest BCUT2D eigenvalue weighted by molar-refractivity contribution is -0.141. The molecule has 0 bridgehead atoms. The zero-order valence-electron chi connectivity index (χ0n) is 12.9. The highest BCUT2D eigenvalue weighted by Crippen LogP contribution is 2.31. The Kier molecular flexibility index (Phi) is 4.35. The molecular formula is C15H17F3N4O. The van der Waals surface area contributed by atoms with Gasteiger partial charge < -0.3 is 15.7 Å². The lowest BCUT2D eigenvalue weighted by Crippen LogP contribution is -2.28. The lowest BCUT2D eigenvalue weighted by Gasteiger charge is -2.21. The van der Waals surface area contributed by atoms with Gasteiger partial charge in [-0.05, 0) is 32.9 Å². The summed E-state index contributed by atoms with van der Waals surface area (Å²) in [5.41, 5.74) is -1.13. The van der Waals surface area contributed by atoms with Gasteiger partial charge in [0.1, 0.15) is 11.6 Å². The molecule has 0 amide bonds. The summed E-state index contributed by atoms with van der Waals surface area (Å²) < 4.78 is 39.0. The fraction of sp³-hybridized carbons (Fsp3) is 0.333. The third kappa shape index (κ3) is 5.01. The van der Waals surface area contributed by atoms with E-state index in [0.29, 0.717) is 5.69 Å². The molecule has 0 aliphatic carbocycles. The summed E-state index contributed by atoms with van der Waals surface area (Å²) in [4.78, 5) is 7.55. The summed E-state index contributed by atoms with van der Waals surface area (Å²) in [6.45, 7) is 5.37. The number of rotatable bonds is 3. The Morgan fingerprint density at radius 2 is 1.74 bits per heavy atom. The molecule has 3 N–H and O–H groups in total. The molecule has 0 atom stereocenters. The van der Waals surface area contributed by atoms with Crippen molar-refractivity contribution in [2.45, 2.75) is 32.5 Å². The van der Waals surface area contributed by atoms with Gasteiger partial charge in [0.05, 0.1) is 0 Å². The number of nitrogens with one attached hydrogen (secondary N) is 2. The van der Waals surface area contributed by atoms with Gasteiger partial charge in [-0.25, -0.2) is 4.98 Å². The maximum atomic E-state index is 13.0. The number of nitrogens with zero attached hydrogens (tertiary/aromatic N) is 2. The molecule has 0 aliphatic heterocycles. The number of halogens is 3. The molecule has 0 aliphatic rings. The first-order valence-corrected chi connectivity index (χ1v) is 6.83. The number of aromatic hydroxyl groups is 1. The van der Waals surface area contributed by atoms with Gasteiger partial charge in [0.2, 0.25) is 5.95 Å². The molecule has 5 nitrogen and oxygen atoms in total. The Balaban J connectivity index is 2.39. The Bertz CT molecular complexity index is 696. The molecule has 2 rings (SSSR count). The fourth-order valence-electron chi connectivity index (χ4n) is 1.78. The lowest BCUT2D eigenvalue weighted by atomic mass is 10.1. The van der Waals surface area contributed by atoms with E-state index in [0.717, 1.165) is 6.07 Å². The van der Waals surface area contributed by atoms with E-state index in [1.165, 1.54) is 12.1 Å². The number of aromatic nitrogens is 2. The molecule has 1 heterocycles. The van der Waals surface area contributed by atoms with Crippen LogP contribution >= 0.6 is 0 Å². The van der Waals surface area contributed by atoms with Crippen LogP contribution in [0.5, 0.6) is 5.75 Å². The smallest absolute Gasteiger partial charge is 0.433 e. The van der Waals surface area contributed by atoms with E-state index < -0.39 is 17.4 Å². The van der Waals surface area contributed by atoms with Crippen molar-refractivity contribution >= 4 is 17.5 Å². The Hall–Kier alpha value is -2.51. The van der Waals surface area contributed by atoms with Crippen LogP contribution in [0.4, 0.5) is 30.6 Å². The van der Waals surface area contributed by atoms with Gasteiger partial charge >= 0.3 is 6.18 Å². The fourth-order valence-corrected chi connectivity index (χ4v) is 1.78. The average molecular weight is 326 g/mol. The number of benzene rings is 1. The van der Waals surface area contributed by atoms with Crippen LogP contribution in [0, 0.1) is 0 Å². The number of hydrogen-bond donors (Lipinski definition) is 3. The molecule has 0 fully saturated rings. The van der Waals surface area contributed by atoms with Crippen molar-refractivity contribution in [2.24, 2.45) is 0 Å². The molecule has 0 saturated carbocycles. The Morgan fingerprint density at radius 1 is 1.04 bits per heavy atom. The van der Waals surface area contributed by atoms with E-state index in [4.69, 9.17) is 0 Å². The molecule has 23 heavy (non-hydrogen) atoms. The van der Waals surface area contributed by atoms with Gasteiger partial charge in [0.15, 0.2) is 5.69 Å². The highest BCUT2D eigenvalue weighted by atomic mass is 19.4. The van der Waals surface area contributed by atoms with Crippen LogP contribution in [-0.2, 0) is 6.18 Å². The van der Waals surface area contributed by atoms with Crippen LogP contribution in [0.15, 0.2) is 30.3 Å². The molecule has 0 unspecified atom stereocenters. The minimum Gasteiger partial charge on any atom is -0.508 e. The van der Waals surface area contributed by atoms with Crippen molar-refractivity contribution in [1.82, 2.24) is 9.97 Å². The maximum absolute atomic E-state index is 13.0. The summed E-state index contributed by atoms with van der Waals surface area (Å²) in [5, 5.41) is 15.0. The molecule has 124 valence electrons. The van der Waals surface area contributed by atoms with Gasteiger partial charge in [0, 0.05) is 23.4 Å². The molecular weight excluding hydrogens is 309 g/mol. The third-order valence-electron chi connectivity index (χ3n) is 2.62. The second-order valence-corrected chi connectivity index (χ2v) is 6.01. The third-order valence-corrected chi connectivity index (χ3v) is 2.62. The van der Waals surface area contributed by atoms with Gasteiger partial charge in [-0.15, -0.1) is 0 Å². The van der Waals surface area contributed by atoms with Crippen LogP contribution in [0.3, 0.4) is 0 Å². The summed E-state index contributed by atoms with van der Waals surface area (Å²) in [6, 6.07) is 6.83. The average Bonchev–Trinajstić information content (AvgIpc) is 2.35. The summed E-state index contributed by atoms with van der Waals surface area (Å²) in [5.74, 6) is -0.159. The van der Waals surface area contributed by atoms with E-state index in [1.807, 2.05) is 0 Å². The highest BCUT2D eigenvalue weighted by Gasteiger charge is 2.34. The monoisotopic (exact) mass is 326 g/mol. The zero-order valence-corrected chi connectivity index (χ0v) is 12.9. The van der Waals surface area contributed by atoms with E-state index in [1.54, 1.807) is 32.9 Å². The second-order valence-electron chi connectivity index (χ2n) is 6.01.